The van der Waals surface area contributed by atoms with Gasteiger partial charge in [0.25, 0.3) is 0 Å². The van der Waals surface area contributed by atoms with E-state index < -0.39 is 27.8 Å². The van der Waals surface area contributed by atoms with Crippen LogP contribution in [0, 0.1) is 15.9 Å². The molecule has 1 unspecified atom stereocenters. The van der Waals surface area contributed by atoms with E-state index in [0.717, 1.165) is 18.2 Å². The Bertz CT molecular complexity index is 396. The lowest BCUT2D eigenvalue weighted by Crippen LogP contribution is -1.99. The fraction of sp³-hybridized carbons (Fsp3) is 0. The number of halogens is 1. The van der Waals surface area contributed by atoms with Gasteiger partial charge in [0.05, 0.1) is 11.0 Å². The standard InChI is InChI=1S/C6H4FNO5S/c7-5-2-1-4(13-14(11)12)3-6(5)8(9)10/h1-3H,(H,11,12). The highest BCUT2D eigenvalue weighted by atomic mass is 32.2. The van der Waals surface area contributed by atoms with E-state index in [-0.39, 0.29) is 5.75 Å². The van der Waals surface area contributed by atoms with Crippen molar-refractivity contribution >= 4 is 17.0 Å². The molecule has 6 nitrogen and oxygen atoms in total. The van der Waals surface area contributed by atoms with Gasteiger partial charge in [-0.3, -0.25) is 14.7 Å². The Morgan fingerprint density at radius 1 is 1.57 bits per heavy atom. The molecule has 0 bridgehead atoms. The van der Waals surface area contributed by atoms with Gasteiger partial charge >= 0.3 is 17.0 Å². The molecular weight excluding hydrogens is 217 g/mol. The SMILES string of the molecule is O=[N+]([O-])c1cc(OS(=O)O)ccc1F. The fourth-order valence-electron chi connectivity index (χ4n) is 0.767. The van der Waals surface area contributed by atoms with Gasteiger partial charge in [0.2, 0.25) is 5.82 Å². The number of nitrogens with zero attached hydrogens (tertiary/aromatic N) is 1. The Morgan fingerprint density at radius 3 is 2.71 bits per heavy atom. The number of hydrogen-bond donors (Lipinski definition) is 1. The summed E-state index contributed by atoms with van der Waals surface area (Å²) in [5, 5.41) is 10.2. The summed E-state index contributed by atoms with van der Waals surface area (Å²) in [7, 11) is 0. The minimum atomic E-state index is -2.59. The van der Waals surface area contributed by atoms with E-state index in [1.165, 1.54) is 0 Å². The second-order valence-corrected chi connectivity index (χ2v) is 2.77. The molecule has 0 fully saturated rings. The fourth-order valence-corrected chi connectivity index (χ4v) is 1.03. The predicted molar refractivity (Wildman–Crippen MR) is 44.5 cm³/mol. The van der Waals surface area contributed by atoms with E-state index in [0.29, 0.717) is 0 Å². The molecule has 0 amide bonds. The third kappa shape index (κ3) is 2.47. The number of rotatable bonds is 3. The second-order valence-electron chi connectivity index (χ2n) is 2.17. The van der Waals surface area contributed by atoms with Crippen LogP contribution in [0.1, 0.15) is 0 Å². The van der Waals surface area contributed by atoms with Crippen molar-refractivity contribution in [3.8, 4) is 5.75 Å². The molecule has 1 aromatic carbocycles. The maximum absolute atomic E-state index is 12.7. The molecule has 0 heterocycles. The summed E-state index contributed by atoms with van der Waals surface area (Å²) < 4.78 is 35.4. The number of benzene rings is 1. The van der Waals surface area contributed by atoms with E-state index in [9.17, 15) is 18.7 Å². The van der Waals surface area contributed by atoms with Gasteiger partial charge in [-0.25, -0.2) is 0 Å². The highest BCUT2D eigenvalue weighted by Crippen LogP contribution is 2.23. The summed E-state index contributed by atoms with van der Waals surface area (Å²) in [5.41, 5.74) is -0.812. The molecule has 0 aliphatic rings. The van der Waals surface area contributed by atoms with Gasteiger partial charge in [0, 0.05) is 0 Å². The zero-order valence-corrected chi connectivity index (χ0v) is 7.36. The second kappa shape index (κ2) is 4.11. The molecule has 8 heteroatoms. The average molecular weight is 221 g/mol. The third-order valence-electron chi connectivity index (χ3n) is 1.28. The normalized spacial score (nSPS) is 12.1. The van der Waals surface area contributed by atoms with Crippen LogP contribution in [-0.4, -0.2) is 13.7 Å². The molecule has 1 N–H and O–H groups in total. The van der Waals surface area contributed by atoms with Gasteiger partial charge in [-0.15, -0.1) is 0 Å². The first-order valence-corrected chi connectivity index (χ1v) is 4.27. The van der Waals surface area contributed by atoms with Crippen LogP contribution in [-0.2, 0) is 11.4 Å². The Kier molecular flexibility index (Phi) is 3.10. The number of hydrogen-bond acceptors (Lipinski definition) is 4. The molecule has 0 saturated carbocycles. The summed E-state index contributed by atoms with van der Waals surface area (Å²) in [6.45, 7) is 0. The molecule has 0 aliphatic heterocycles. The van der Waals surface area contributed by atoms with Crippen LogP contribution in [0.25, 0.3) is 0 Å². The Balaban J connectivity index is 3.06. The van der Waals surface area contributed by atoms with Gasteiger partial charge in [0.1, 0.15) is 5.75 Å². The van der Waals surface area contributed by atoms with Gasteiger partial charge in [-0.1, -0.05) is 0 Å². The summed E-state index contributed by atoms with van der Waals surface area (Å²) in [4.78, 5) is 9.28. The molecule has 0 aromatic heterocycles. The molecule has 14 heavy (non-hydrogen) atoms. The Morgan fingerprint density at radius 2 is 2.21 bits per heavy atom. The van der Waals surface area contributed by atoms with Gasteiger partial charge in [-0.05, 0) is 12.1 Å². The van der Waals surface area contributed by atoms with Gasteiger partial charge < -0.3 is 4.18 Å². The van der Waals surface area contributed by atoms with Crippen molar-refractivity contribution in [2.24, 2.45) is 0 Å². The zero-order valence-electron chi connectivity index (χ0n) is 6.55. The van der Waals surface area contributed by atoms with Crippen LogP contribution in [0.5, 0.6) is 5.75 Å². The van der Waals surface area contributed by atoms with E-state index in [1.54, 1.807) is 0 Å². The van der Waals surface area contributed by atoms with Crippen molar-refractivity contribution in [2.45, 2.75) is 0 Å². The van der Waals surface area contributed by atoms with Crippen LogP contribution in [0.4, 0.5) is 10.1 Å². The third-order valence-corrected chi connectivity index (χ3v) is 1.62. The average Bonchev–Trinajstić information content (AvgIpc) is 2.07. The van der Waals surface area contributed by atoms with E-state index in [4.69, 9.17) is 4.55 Å². The van der Waals surface area contributed by atoms with E-state index in [1.807, 2.05) is 0 Å². The monoisotopic (exact) mass is 221 g/mol. The molecule has 0 radical (unpaired) electrons. The van der Waals surface area contributed by atoms with E-state index >= 15 is 0 Å². The molecule has 0 spiro atoms. The van der Waals surface area contributed by atoms with Crippen molar-refractivity contribution in [1.29, 1.82) is 0 Å². The first-order chi connectivity index (χ1) is 6.50. The Hall–Kier alpha value is -1.54. The van der Waals surface area contributed by atoms with Gasteiger partial charge in [-0.2, -0.15) is 8.60 Å². The highest BCUT2D eigenvalue weighted by molar-refractivity contribution is 7.74. The molecular formula is C6H4FNO5S. The lowest BCUT2D eigenvalue weighted by molar-refractivity contribution is -0.387. The molecule has 1 atom stereocenters. The summed E-state index contributed by atoms with van der Waals surface area (Å²) in [6, 6.07) is 2.51. The van der Waals surface area contributed by atoms with Crippen LogP contribution < -0.4 is 4.18 Å². The van der Waals surface area contributed by atoms with Crippen molar-refractivity contribution in [3.63, 3.8) is 0 Å². The maximum Gasteiger partial charge on any atom is 0.357 e. The van der Waals surface area contributed by atoms with Crippen molar-refractivity contribution in [2.75, 3.05) is 0 Å². The van der Waals surface area contributed by atoms with Crippen LogP contribution in [0.3, 0.4) is 0 Å². The summed E-state index contributed by atoms with van der Waals surface area (Å²) in [5.74, 6) is -1.29. The molecule has 1 rings (SSSR count). The van der Waals surface area contributed by atoms with Crippen molar-refractivity contribution < 1.29 is 22.3 Å². The van der Waals surface area contributed by atoms with Crippen LogP contribution >= 0.6 is 0 Å². The topological polar surface area (TPSA) is 89.7 Å². The maximum atomic E-state index is 12.7. The molecule has 76 valence electrons. The van der Waals surface area contributed by atoms with Crippen molar-refractivity contribution in [3.05, 3.63) is 34.1 Å². The van der Waals surface area contributed by atoms with Crippen LogP contribution in [0.2, 0.25) is 0 Å². The smallest absolute Gasteiger partial charge is 0.357 e. The summed E-state index contributed by atoms with van der Waals surface area (Å²) in [6.07, 6.45) is 0. The minimum Gasteiger partial charge on any atom is -0.380 e. The lowest BCUT2D eigenvalue weighted by atomic mass is 10.3. The van der Waals surface area contributed by atoms with E-state index in [2.05, 4.69) is 4.18 Å². The number of nitro benzene ring substituents is 1. The van der Waals surface area contributed by atoms with Gasteiger partial charge in [0.15, 0.2) is 0 Å². The predicted octanol–water partition coefficient (Wildman–Crippen LogP) is 1.25. The first-order valence-electron chi connectivity index (χ1n) is 3.24. The molecule has 0 saturated heterocycles. The summed E-state index contributed by atoms with van der Waals surface area (Å²) >= 11 is -2.59. The number of nitro groups is 1. The first kappa shape index (κ1) is 10.5. The quantitative estimate of drug-likeness (QED) is 0.471. The largest absolute Gasteiger partial charge is 0.380 e. The lowest BCUT2D eigenvalue weighted by Gasteiger charge is -1.99. The van der Waals surface area contributed by atoms with Crippen LogP contribution in [0.15, 0.2) is 18.2 Å². The molecule has 1 aromatic rings. The zero-order chi connectivity index (χ0) is 10.7. The Labute approximate surface area is 79.9 Å². The minimum absolute atomic E-state index is 0.251. The molecule has 0 aliphatic carbocycles. The highest BCUT2D eigenvalue weighted by Gasteiger charge is 2.15. The van der Waals surface area contributed by atoms with Crippen molar-refractivity contribution in [1.82, 2.24) is 0 Å².